The summed E-state index contributed by atoms with van der Waals surface area (Å²) in [5.41, 5.74) is 1.32. The van der Waals surface area contributed by atoms with Crippen molar-refractivity contribution in [2.45, 2.75) is 19.4 Å². The fourth-order valence-corrected chi connectivity index (χ4v) is 4.25. The summed E-state index contributed by atoms with van der Waals surface area (Å²) in [5.74, 6) is -0.670. The van der Waals surface area contributed by atoms with E-state index in [9.17, 15) is 9.59 Å². The molecule has 1 heterocycles. The molecule has 3 rings (SSSR count). The van der Waals surface area contributed by atoms with E-state index in [0.29, 0.717) is 11.6 Å². The highest BCUT2D eigenvalue weighted by atomic mass is 35.5. The Kier molecular flexibility index (Phi) is 9.05. The normalized spacial score (nSPS) is 15.3. The van der Waals surface area contributed by atoms with Crippen LogP contribution in [0, 0.1) is 0 Å². The Morgan fingerprint density at radius 3 is 2.38 bits per heavy atom. The predicted octanol–water partition coefficient (Wildman–Crippen LogP) is 4.09. The summed E-state index contributed by atoms with van der Waals surface area (Å²) in [7, 11) is 0. The topological polar surface area (TPSA) is 64.7 Å². The highest BCUT2D eigenvalue weighted by Crippen LogP contribution is 2.26. The molecule has 6 nitrogen and oxygen atoms in total. The molecule has 172 valence electrons. The number of rotatable bonds is 8. The second-order valence-electron chi connectivity index (χ2n) is 7.72. The van der Waals surface area contributed by atoms with Gasteiger partial charge in [-0.05, 0) is 44.2 Å². The van der Waals surface area contributed by atoms with Crippen molar-refractivity contribution in [3.63, 3.8) is 0 Å². The number of para-hydroxylation sites is 1. The first-order valence-electron chi connectivity index (χ1n) is 10.6. The molecule has 0 aromatic heterocycles. The largest absolute Gasteiger partial charge is 0.368 e. The zero-order chi connectivity index (χ0) is 23.1. The minimum atomic E-state index is -0.684. The second kappa shape index (κ2) is 11.8. The third-order valence-corrected chi connectivity index (χ3v) is 6.59. The van der Waals surface area contributed by atoms with E-state index >= 15 is 0 Å². The monoisotopic (exact) mass is 496 g/mol. The smallest absolute Gasteiger partial charge is 0.253 e. The van der Waals surface area contributed by atoms with Gasteiger partial charge in [0, 0.05) is 32.7 Å². The molecule has 0 radical (unpaired) electrons. The van der Waals surface area contributed by atoms with Crippen molar-refractivity contribution >= 4 is 52.3 Å². The van der Waals surface area contributed by atoms with E-state index in [0.717, 1.165) is 49.9 Å². The molecule has 9 heteroatoms. The molecule has 2 aromatic carbocycles. The first kappa shape index (κ1) is 24.6. The number of halogens is 3. The summed E-state index contributed by atoms with van der Waals surface area (Å²) in [4.78, 5) is 29.4. The van der Waals surface area contributed by atoms with Crippen molar-refractivity contribution in [3.05, 3.63) is 63.1 Å². The zero-order valence-electron chi connectivity index (χ0n) is 17.9. The van der Waals surface area contributed by atoms with Gasteiger partial charge in [0.05, 0.1) is 26.3 Å². The number of amides is 2. The highest BCUT2D eigenvalue weighted by Gasteiger charge is 2.20. The van der Waals surface area contributed by atoms with Gasteiger partial charge in [0.15, 0.2) is 0 Å². The summed E-state index contributed by atoms with van der Waals surface area (Å²) in [6.07, 6.45) is 0.832. The van der Waals surface area contributed by atoms with Crippen LogP contribution in [0.4, 0.5) is 5.69 Å². The fraction of sp³-hybridized carbons (Fsp3) is 0.391. The summed E-state index contributed by atoms with van der Waals surface area (Å²) < 4.78 is 0. The Morgan fingerprint density at radius 1 is 0.969 bits per heavy atom. The lowest BCUT2D eigenvalue weighted by atomic mass is 10.2. The van der Waals surface area contributed by atoms with Gasteiger partial charge in [0.1, 0.15) is 6.04 Å². The van der Waals surface area contributed by atoms with Crippen LogP contribution in [-0.2, 0) is 4.79 Å². The standard InChI is InChI=1S/C23H27Cl3N4O2/c1-16(28-23(32)17-6-4-8-19(25)21(17)26)22(31)27-10-5-11-29-12-14-30(15-13-29)20-9-3-2-7-18(20)24/h2-4,6-9,16H,5,10-15H2,1H3,(H,27,31)(H,28,32). The number of nitrogens with zero attached hydrogens (tertiary/aromatic N) is 2. The quantitative estimate of drug-likeness (QED) is 0.539. The maximum atomic E-state index is 12.4. The molecule has 2 amide bonds. The van der Waals surface area contributed by atoms with E-state index in [-0.39, 0.29) is 16.5 Å². The minimum absolute atomic E-state index is 0.175. The maximum Gasteiger partial charge on any atom is 0.253 e. The molecule has 2 aromatic rings. The van der Waals surface area contributed by atoms with E-state index in [2.05, 4.69) is 20.4 Å². The Morgan fingerprint density at radius 2 is 1.66 bits per heavy atom. The number of carbonyl (C=O) groups is 2. The number of anilines is 1. The van der Waals surface area contributed by atoms with Crippen LogP contribution in [0.5, 0.6) is 0 Å². The van der Waals surface area contributed by atoms with Gasteiger partial charge in [-0.15, -0.1) is 0 Å². The first-order valence-corrected chi connectivity index (χ1v) is 11.7. The molecule has 1 atom stereocenters. The molecule has 32 heavy (non-hydrogen) atoms. The molecule has 0 saturated carbocycles. The zero-order valence-corrected chi connectivity index (χ0v) is 20.2. The molecule has 1 saturated heterocycles. The van der Waals surface area contributed by atoms with E-state index in [1.807, 2.05) is 24.3 Å². The second-order valence-corrected chi connectivity index (χ2v) is 8.91. The van der Waals surface area contributed by atoms with Gasteiger partial charge < -0.3 is 15.5 Å². The number of nitrogens with one attached hydrogen (secondary N) is 2. The summed E-state index contributed by atoms with van der Waals surface area (Å²) >= 11 is 18.3. The molecule has 2 N–H and O–H groups in total. The van der Waals surface area contributed by atoms with E-state index < -0.39 is 11.9 Å². The Labute approximate surface area is 203 Å². The van der Waals surface area contributed by atoms with Crippen LogP contribution < -0.4 is 15.5 Å². The Hall–Kier alpha value is -1.99. The van der Waals surface area contributed by atoms with Crippen LogP contribution >= 0.6 is 34.8 Å². The van der Waals surface area contributed by atoms with Crippen LogP contribution in [0.25, 0.3) is 0 Å². The van der Waals surface area contributed by atoms with Crippen LogP contribution in [-0.4, -0.2) is 62.0 Å². The van der Waals surface area contributed by atoms with Crippen molar-refractivity contribution < 1.29 is 9.59 Å². The van der Waals surface area contributed by atoms with Crippen molar-refractivity contribution in [2.24, 2.45) is 0 Å². The molecular formula is C23H27Cl3N4O2. The Bertz CT molecular complexity index is 949. The highest BCUT2D eigenvalue weighted by molar-refractivity contribution is 6.43. The maximum absolute atomic E-state index is 12.4. The third kappa shape index (κ3) is 6.51. The molecule has 1 fully saturated rings. The van der Waals surface area contributed by atoms with Gasteiger partial charge in [-0.1, -0.05) is 53.0 Å². The number of piperazine rings is 1. The molecule has 1 aliphatic rings. The van der Waals surface area contributed by atoms with Crippen molar-refractivity contribution in [2.75, 3.05) is 44.2 Å². The van der Waals surface area contributed by atoms with Gasteiger partial charge in [-0.25, -0.2) is 0 Å². The number of hydrogen-bond acceptors (Lipinski definition) is 4. The molecule has 0 spiro atoms. The number of hydrogen-bond donors (Lipinski definition) is 2. The fourth-order valence-electron chi connectivity index (χ4n) is 3.61. The van der Waals surface area contributed by atoms with E-state index in [1.165, 1.54) is 0 Å². The van der Waals surface area contributed by atoms with Gasteiger partial charge in [0.25, 0.3) is 5.91 Å². The van der Waals surface area contributed by atoms with Gasteiger partial charge in [-0.2, -0.15) is 0 Å². The predicted molar refractivity (Wildman–Crippen MR) is 131 cm³/mol. The van der Waals surface area contributed by atoms with Crippen LogP contribution in [0.3, 0.4) is 0 Å². The molecule has 1 aliphatic heterocycles. The van der Waals surface area contributed by atoms with Gasteiger partial charge in [-0.3, -0.25) is 14.5 Å². The Balaban J connectivity index is 1.35. The van der Waals surface area contributed by atoms with Crippen molar-refractivity contribution in [1.82, 2.24) is 15.5 Å². The van der Waals surface area contributed by atoms with Gasteiger partial charge >= 0.3 is 0 Å². The third-order valence-electron chi connectivity index (χ3n) is 5.45. The number of carbonyl (C=O) groups excluding carboxylic acids is 2. The van der Waals surface area contributed by atoms with Gasteiger partial charge in [0.2, 0.25) is 5.91 Å². The summed E-state index contributed by atoms with van der Waals surface area (Å²) in [6, 6.07) is 12.0. The van der Waals surface area contributed by atoms with Crippen LogP contribution in [0.1, 0.15) is 23.7 Å². The molecular weight excluding hydrogens is 471 g/mol. The van der Waals surface area contributed by atoms with E-state index in [4.69, 9.17) is 34.8 Å². The summed E-state index contributed by atoms with van der Waals surface area (Å²) in [6.45, 7) is 6.82. The molecule has 0 bridgehead atoms. The molecule has 1 unspecified atom stereocenters. The van der Waals surface area contributed by atoms with Crippen LogP contribution in [0.2, 0.25) is 15.1 Å². The lowest BCUT2D eigenvalue weighted by Crippen LogP contribution is -2.48. The molecule has 0 aliphatic carbocycles. The SMILES string of the molecule is CC(NC(=O)c1cccc(Cl)c1Cl)C(=O)NCCCN1CCN(c2ccccc2Cl)CC1. The average Bonchev–Trinajstić information content (AvgIpc) is 2.79. The summed E-state index contributed by atoms with van der Waals surface area (Å²) in [5, 5.41) is 6.79. The van der Waals surface area contributed by atoms with Crippen molar-refractivity contribution in [1.29, 1.82) is 0 Å². The minimum Gasteiger partial charge on any atom is -0.368 e. The first-order chi connectivity index (χ1) is 15.4. The number of benzene rings is 2. The van der Waals surface area contributed by atoms with Crippen molar-refractivity contribution in [3.8, 4) is 0 Å². The lowest BCUT2D eigenvalue weighted by molar-refractivity contribution is -0.122. The lowest BCUT2D eigenvalue weighted by Gasteiger charge is -2.36. The van der Waals surface area contributed by atoms with E-state index in [1.54, 1.807) is 25.1 Å². The average molecular weight is 498 g/mol. The van der Waals surface area contributed by atoms with Crippen LogP contribution in [0.15, 0.2) is 42.5 Å².